The van der Waals surface area contributed by atoms with Crippen molar-refractivity contribution in [2.75, 3.05) is 32.8 Å². The normalized spacial score (nSPS) is 28.6. The fourth-order valence-electron chi connectivity index (χ4n) is 2.67. The predicted molar refractivity (Wildman–Crippen MR) is 74.1 cm³/mol. The fourth-order valence-corrected chi connectivity index (χ4v) is 2.67. The second-order valence-corrected chi connectivity index (χ2v) is 5.27. The third kappa shape index (κ3) is 4.75. The summed E-state index contributed by atoms with van der Waals surface area (Å²) in [5.74, 6) is 1.02. The molecule has 2 aliphatic heterocycles. The zero-order chi connectivity index (χ0) is 12.1. The molecule has 4 nitrogen and oxygen atoms in total. The number of nitrogens with zero attached hydrogens (tertiary/aromatic N) is 1. The number of rotatable bonds is 3. The van der Waals surface area contributed by atoms with Gasteiger partial charge in [-0.2, -0.15) is 0 Å². The second kappa shape index (κ2) is 7.97. The summed E-state index contributed by atoms with van der Waals surface area (Å²) in [6.07, 6.45) is 4.14. The van der Waals surface area contributed by atoms with Crippen LogP contribution in [0.1, 0.15) is 32.6 Å². The summed E-state index contributed by atoms with van der Waals surface area (Å²) < 4.78 is 5.56. The summed E-state index contributed by atoms with van der Waals surface area (Å²) in [7, 11) is 0. The summed E-state index contributed by atoms with van der Waals surface area (Å²) in [6.45, 7) is 6.68. The smallest absolute Gasteiger partial charge is 0.222 e. The molecule has 1 N–H and O–H groups in total. The van der Waals surface area contributed by atoms with Crippen LogP contribution in [-0.4, -0.2) is 49.7 Å². The number of carbonyl (C=O) groups is 1. The Labute approximate surface area is 116 Å². The van der Waals surface area contributed by atoms with Gasteiger partial charge in [0.25, 0.3) is 0 Å². The number of carbonyl (C=O) groups excluding carboxylic acids is 1. The third-order valence-corrected chi connectivity index (χ3v) is 3.73. The Morgan fingerprint density at radius 3 is 3.06 bits per heavy atom. The number of halogens is 1. The van der Waals surface area contributed by atoms with E-state index in [9.17, 15) is 4.79 Å². The van der Waals surface area contributed by atoms with E-state index in [0.717, 1.165) is 45.6 Å². The first-order chi connectivity index (χ1) is 8.25. The zero-order valence-electron chi connectivity index (χ0n) is 11.2. The molecule has 5 heteroatoms. The van der Waals surface area contributed by atoms with Crippen molar-refractivity contribution >= 4 is 18.3 Å². The number of ether oxygens (including phenoxy) is 1. The largest absolute Gasteiger partial charge is 0.377 e. The van der Waals surface area contributed by atoms with E-state index in [1.807, 2.05) is 11.8 Å². The number of hydrogen-bond donors (Lipinski definition) is 1. The van der Waals surface area contributed by atoms with E-state index >= 15 is 0 Å². The fraction of sp³-hybridized carbons (Fsp3) is 0.923. The molecule has 1 amide bonds. The van der Waals surface area contributed by atoms with Gasteiger partial charge in [0.15, 0.2) is 0 Å². The van der Waals surface area contributed by atoms with Crippen molar-refractivity contribution in [1.82, 2.24) is 10.2 Å². The number of amides is 1. The topological polar surface area (TPSA) is 41.6 Å². The van der Waals surface area contributed by atoms with Crippen molar-refractivity contribution in [3.63, 3.8) is 0 Å². The van der Waals surface area contributed by atoms with E-state index in [0.29, 0.717) is 18.2 Å². The second-order valence-electron chi connectivity index (χ2n) is 5.27. The first-order valence-corrected chi connectivity index (χ1v) is 6.86. The van der Waals surface area contributed by atoms with Gasteiger partial charge in [-0.3, -0.25) is 4.79 Å². The number of hydrogen-bond acceptors (Lipinski definition) is 3. The summed E-state index contributed by atoms with van der Waals surface area (Å²) >= 11 is 0. The van der Waals surface area contributed by atoms with E-state index in [1.54, 1.807) is 0 Å². The molecule has 2 rings (SSSR count). The Bertz CT molecular complexity index is 257. The van der Waals surface area contributed by atoms with Crippen LogP contribution in [0.3, 0.4) is 0 Å². The molecule has 106 valence electrons. The monoisotopic (exact) mass is 276 g/mol. The lowest BCUT2D eigenvalue weighted by Gasteiger charge is -2.22. The average Bonchev–Trinajstić information content (AvgIpc) is 2.74. The van der Waals surface area contributed by atoms with Gasteiger partial charge < -0.3 is 15.0 Å². The molecule has 0 bridgehead atoms. The van der Waals surface area contributed by atoms with Crippen molar-refractivity contribution in [2.45, 2.75) is 38.7 Å². The van der Waals surface area contributed by atoms with Gasteiger partial charge in [-0.15, -0.1) is 12.4 Å². The molecule has 2 aliphatic rings. The standard InChI is InChI=1S/C13H24N2O2.ClH/c1-11-10-15(7-2-8-17-11)13(16)4-3-12-5-6-14-9-12;/h11-12,14H,2-10H2,1H3;1H. The summed E-state index contributed by atoms with van der Waals surface area (Å²) in [4.78, 5) is 14.1. The van der Waals surface area contributed by atoms with E-state index < -0.39 is 0 Å². The van der Waals surface area contributed by atoms with Gasteiger partial charge in [-0.05, 0) is 45.2 Å². The molecule has 18 heavy (non-hydrogen) atoms. The minimum atomic E-state index is 0. The lowest BCUT2D eigenvalue weighted by atomic mass is 10.0. The Kier molecular flexibility index (Phi) is 6.97. The molecule has 0 radical (unpaired) electrons. The van der Waals surface area contributed by atoms with Crippen molar-refractivity contribution in [1.29, 1.82) is 0 Å². The molecular weight excluding hydrogens is 252 g/mol. The highest BCUT2D eigenvalue weighted by Crippen LogP contribution is 2.16. The molecule has 2 atom stereocenters. The van der Waals surface area contributed by atoms with Crippen LogP contribution >= 0.6 is 12.4 Å². The van der Waals surface area contributed by atoms with Crippen LogP contribution in [0, 0.1) is 5.92 Å². The van der Waals surface area contributed by atoms with E-state index in [1.165, 1.54) is 6.42 Å². The van der Waals surface area contributed by atoms with Gasteiger partial charge in [0, 0.05) is 26.1 Å². The summed E-state index contributed by atoms with van der Waals surface area (Å²) in [5.41, 5.74) is 0. The van der Waals surface area contributed by atoms with Gasteiger partial charge in [0.05, 0.1) is 6.10 Å². The van der Waals surface area contributed by atoms with Crippen LogP contribution in [0.2, 0.25) is 0 Å². The lowest BCUT2D eigenvalue weighted by molar-refractivity contribution is -0.132. The molecule has 0 aromatic carbocycles. The van der Waals surface area contributed by atoms with Gasteiger partial charge in [0.1, 0.15) is 0 Å². The van der Waals surface area contributed by atoms with Gasteiger partial charge in [0.2, 0.25) is 5.91 Å². The van der Waals surface area contributed by atoms with E-state index in [4.69, 9.17) is 4.74 Å². The highest BCUT2D eigenvalue weighted by Gasteiger charge is 2.21. The van der Waals surface area contributed by atoms with Crippen LogP contribution in [-0.2, 0) is 9.53 Å². The Morgan fingerprint density at radius 2 is 2.33 bits per heavy atom. The quantitative estimate of drug-likeness (QED) is 0.848. The molecule has 0 aromatic heterocycles. The number of nitrogens with one attached hydrogen (secondary N) is 1. The highest BCUT2D eigenvalue weighted by atomic mass is 35.5. The molecule has 0 spiro atoms. The Morgan fingerprint density at radius 1 is 1.50 bits per heavy atom. The molecular formula is C13H25ClN2O2. The summed E-state index contributed by atoms with van der Waals surface area (Å²) in [6, 6.07) is 0. The van der Waals surface area contributed by atoms with Crippen LogP contribution in [0.5, 0.6) is 0 Å². The van der Waals surface area contributed by atoms with E-state index in [2.05, 4.69) is 5.32 Å². The maximum Gasteiger partial charge on any atom is 0.222 e. The van der Waals surface area contributed by atoms with Crippen LogP contribution in [0.25, 0.3) is 0 Å². The van der Waals surface area contributed by atoms with Crippen LogP contribution in [0.4, 0.5) is 0 Å². The highest BCUT2D eigenvalue weighted by molar-refractivity contribution is 5.85. The third-order valence-electron chi connectivity index (χ3n) is 3.73. The Hall–Kier alpha value is -0.320. The maximum atomic E-state index is 12.1. The Balaban J connectivity index is 0.00000162. The van der Waals surface area contributed by atoms with Gasteiger partial charge >= 0.3 is 0 Å². The predicted octanol–water partition coefficient (Wildman–Crippen LogP) is 1.44. The SMILES string of the molecule is CC1CN(C(=O)CCC2CCNC2)CCCO1.Cl. The zero-order valence-corrected chi connectivity index (χ0v) is 12.0. The molecule has 0 aromatic rings. The molecule has 0 saturated carbocycles. The first kappa shape index (κ1) is 15.7. The molecule has 2 unspecified atom stereocenters. The average molecular weight is 277 g/mol. The van der Waals surface area contributed by atoms with Crippen molar-refractivity contribution in [3.05, 3.63) is 0 Å². The minimum absolute atomic E-state index is 0. The van der Waals surface area contributed by atoms with Crippen molar-refractivity contribution in [3.8, 4) is 0 Å². The summed E-state index contributed by atoms with van der Waals surface area (Å²) in [5, 5.41) is 3.35. The van der Waals surface area contributed by atoms with Crippen LogP contribution < -0.4 is 5.32 Å². The maximum absolute atomic E-state index is 12.1. The molecule has 2 saturated heterocycles. The van der Waals surface area contributed by atoms with Gasteiger partial charge in [-0.1, -0.05) is 0 Å². The molecule has 2 heterocycles. The van der Waals surface area contributed by atoms with Crippen molar-refractivity contribution in [2.24, 2.45) is 5.92 Å². The first-order valence-electron chi connectivity index (χ1n) is 6.86. The van der Waals surface area contributed by atoms with E-state index in [-0.39, 0.29) is 18.5 Å². The van der Waals surface area contributed by atoms with Crippen molar-refractivity contribution < 1.29 is 9.53 Å². The van der Waals surface area contributed by atoms with Crippen LogP contribution in [0.15, 0.2) is 0 Å². The lowest BCUT2D eigenvalue weighted by Crippen LogP contribution is -2.36. The minimum Gasteiger partial charge on any atom is -0.377 e. The molecule has 2 fully saturated rings. The molecule has 0 aliphatic carbocycles. The van der Waals surface area contributed by atoms with Gasteiger partial charge in [-0.25, -0.2) is 0 Å².